The van der Waals surface area contributed by atoms with Crippen LogP contribution in [-0.2, 0) is 11.3 Å². The molecular weight excluding hydrogens is 388 g/mol. The van der Waals surface area contributed by atoms with Crippen molar-refractivity contribution in [1.29, 1.82) is 0 Å². The van der Waals surface area contributed by atoms with Gasteiger partial charge in [0.15, 0.2) is 0 Å². The zero-order chi connectivity index (χ0) is 21.6. The number of hydrogen-bond donors (Lipinski definition) is 0. The van der Waals surface area contributed by atoms with Crippen LogP contribution in [0.5, 0.6) is 5.75 Å². The van der Waals surface area contributed by atoms with Crippen LogP contribution in [0.3, 0.4) is 0 Å². The zero-order valence-electron chi connectivity index (χ0n) is 18.8. The van der Waals surface area contributed by atoms with Gasteiger partial charge in [-0.2, -0.15) is 0 Å². The van der Waals surface area contributed by atoms with E-state index in [2.05, 4.69) is 35.2 Å². The van der Waals surface area contributed by atoms with Crippen LogP contribution in [0.25, 0.3) is 0 Å². The summed E-state index contributed by atoms with van der Waals surface area (Å²) in [6.45, 7) is 6.67. The van der Waals surface area contributed by atoms with Crippen LogP contribution in [0.1, 0.15) is 47.2 Å². The molecule has 0 saturated carbocycles. The van der Waals surface area contributed by atoms with Gasteiger partial charge in [0.2, 0.25) is 0 Å². The minimum absolute atomic E-state index is 0.101. The smallest absolute Gasteiger partial charge is 0.254 e. The third-order valence-corrected chi connectivity index (χ3v) is 6.63. The number of likely N-dealkylation sites (tertiary alicyclic amines) is 2. The number of piperidine rings is 2. The van der Waals surface area contributed by atoms with Crippen LogP contribution in [0.2, 0.25) is 0 Å². The lowest BCUT2D eigenvalue weighted by atomic mass is 10.0. The lowest BCUT2D eigenvalue weighted by Gasteiger charge is -2.37. The van der Waals surface area contributed by atoms with Gasteiger partial charge in [-0.15, -0.1) is 0 Å². The predicted octanol–water partition coefficient (Wildman–Crippen LogP) is 4.29. The van der Waals surface area contributed by atoms with Crippen LogP contribution in [0, 0.1) is 6.92 Å². The molecule has 31 heavy (non-hydrogen) atoms. The van der Waals surface area contributed by atoms with Gasteiger partial charge in [0.05, 0.1) is 19.3 Å². The number of methoxy groups -OCH3 is 1. The van der Waals surface area contributed by atoms with Crippen molar-refractivity contribution in [2.75, 3.05) is 33.3 Å². The summed E-state index contributed by atoms with van der Waals surface area (Å²) in [4.78, 5) is 17.5. The molecule has 2 heterocycles. The SMILES string of the molecule is COc1cccc(C(=O)N2CCC(OC3CCN(Cc4ccccc4)CC3)CC2)c1C. The van der Waals surface area contributed by atoms with Crippen LogP contribution < -0.4 is 4.74 Å². The zero-order valence-corrected chi connectivity index (χ0v) is 18.8. The minimum Gasteiger partial charge on any atom is -0.496 e. The van der Waals surface area contributed by atoms with E-state index in [0.717, 1.165) is 75.3 Å². The molecule has 166 valence electrons. The second-order valence-corrected chi connectivity index (χ2v) is 8.72. The summed E-state index contributed by atoms with van der Waals surface area (Å²) in [6, 6.07) is 16.4. The van der Waals surface area contributed by atoms with Crippen molar-refractivity contribution < 1.29 is 14.3 Å². The van der Waals surface area contributed by atoms with E-state index in [9.17, 15) is 4.79 Å². The largest absolute Gasteiger partial charge is 0.496 e. The molecule has 0 unspecified atom stereocenters. The van der Waals surface area contributed by atoms with Gasteiger partial charge in [-0.3, -0.25) is 9.69 Å². The summed E-state index contributed by atoms with van der Waals surface area (Å²) in [5.41, 5.74) is 3.03. The Morgan fingerprint density at radius 2 is 1.55 bits per heavy atom. The van der Waals surface area contributed by atoms with E-state index in [-0.39, 0.29) is 12.0 Å². The van der Waals surface area contributed by atoms with E-state index in [1.54, 1.807) is 7.11 Å². The van der Waals surface area contributed by atoms with Gasteiger partial charge in [0.1, 0.15) is 5.75 Å². The second kappa shape index (κ2) is 10.3. The van der Waals surface area contributed by atoms with E-state index in [1.807, 2.05) is 30.0 Å². The fraction of sp³-hybridized carbons (Fsp3) is 0.500. The van der Waals surface area contributed by atoms with Crippen molar-refractivity contribution in [3.8, 4) is 5.75 Å². The first-order valence-electron chi connectivity index (χ1n) is 11.5. The maximum atomic E-state index is 13.0. The Balaban J connectivity index is 1.22. The highest BCUT2D eigenvalue weighted by atomic mass is 16.5. The summed E-state index contributed by atoms with van der Waals surface area (Å²) in [6.07, 6.45) is 4.63. The van der Waals surface area contributed by atoms with Gasteiger partial charge in [0.25, 0.3) is 5.91 Å². The summed E-state index contributed by atoms with van der Waals surface area (Å²) in [5, 5.41) is 0. The second-order valence-electron chi connectivity index (χ2n) is 8.72. The maximum absolute atomic E-state index is 13.0. The summed E-state index contributed by atoms with van der Waals surface area (Å²) in [5.74, 6) is 0.867. The highest BCUT2D eigenvalue weighted by Gasteiger charge is 2.28. The van der Waals surface area contributed by atoms with Gasteiger partial charge in [0, 0.05) is 43.9 Å². The Morgan fingerprint density at radius 3 is 2.19 bits per heavy atom. The topological polar surface area (TPSA) is 42.0 Å². The van der Waals surface area contributed by atoms with Crippen LogP contribution >= 0.6 is 0 Å². The van der Waals surface area contributed by atoms with Crippen molar-refractivity contribution in [3.63, 3.8) is 0 Å². The monoisotopic (exact) mass is 422 g/mol. The molecule has 5 heteroatoms. The van der Waals surface area contributed by atoms with E-state index >= 15 is 0 Å². The Kier molecular flexibility index (Phi) is 7.25. The van der Waals surface area contributed by atoms with Gasteiger partial charge >= 0.3 is 0 Å². The summed E-state index contributed by atoms with van der Waals surface area (Å²) in [7, 11) is 1.64. The molecular formula is C26H34N2O3. The molecule has 1 amide bonds. The molecule has 0 N–H and O–H groups in total. The maximum Gasteiger partial charge on any atom is 0.254 e. The van der Waals surface area contributed by atoms with E-state index in [4.69, 9.17) is 9.47 Å². The quantitative estimate of drug-likeness (QED) is 0.697. The number of benzene rings is 2. The number of carbonyl (C=O) groups is 1. The fourth-order valence-electron chi connectivity index (χ4n) is 4.75. The van der Waals surface area contributed by atoms with Crippen molar-refractivity contribution in [2.24, 2.45) is 0 Å². The van der Waals surface area contributed by atoms with Gasteiger partial charge in [-0.25, -0.2) is 0 Å². The Bertz CT molecular complexity index is 854. The average molecular weight is 423 g/mol. The Hall–Kier alpha value is -2.37. The van der Waals surface area contributed by atoms with Crippen molar-refractivity contribution >= 4 is 5.91 Å². The lowest BCUT2D eigenvalue weighted by Crippen LogP contribution is -2.43. The molecule has 0 aromatic heterocycles. The first-order valence-corrected chi connectivity index (χ1v) is 11.5. The van der Waals surface area contributed by atoms with Crippen molar-refractivity contribution in [3.05, 3.63) is 65.2 Å². The van der Waals surface area contributed by atoms with Gasteiger partial charge < -0.3 is 14.4 Å². The number of hydrogen-bond acceptors (Lipinski definition) is 4. The molecule has 5 nitrogen and oxygen atoms in total. The highest BCUT2D eigenvalue weighted by Crippen LogP contribution is 2.25. The number of rotatable bonds is 6. The van der Waals surface area contributed by atoms with E-state index in [1.165, 1.54) is 5.56 Å². The third-order valence-electron chi connectivity index (χ3n) is 6.63. The standard InChI is InChI=1S/C26H34N2O3/c1-20-24(9-6-10-25(20)30-2)26(29)28-17-13-23(14-18-28)31-22-11-15-27(16-12-22)19-21-7-4-3-5-8-21/h3-10,22-23H,11-19H2,1-2H3. The molecule has 2 aromatic carbocycles. The third kappa shape index (κ3) is 5.46. The lowest BCUT2D eigenvalue weighted by molar-refractivity contribution is -0.0629. The normalized spacial score (nSPS) is 18.8. The van der Waals surface area contributed by atoms with Gasteiger partial charge in [-0.1, -0.05) is 36.4 Å². The summed E-state index contributed by atoms with van der Waals surface area (Å²) >= 11 is 0. The molecule has 0 bridgehead atoms. The molecule has 2 saturated heterocycles. The average Bonchev–Trinajstić information content (AvgIpc) is 2.81. The number of ether oxygens (including phenoxy) is 2. The molecule has 0 spiro atoms. The highest BCUT2D eigenvalue weighted by molar-refractivity contribution is 5.96. The van der Waals surface area contributed by atoms with Crippen molar-refractivity contribution in [2.45, 2.75) is 51.4 Å². The molecule has 2 aliphatic heterocycles. The first kappa shape index (κ1) is 21.8. The van der Waals surface area contributed by atoms with Gasteiger partial charge in [-0.05, 0) is 50.3 Å². The molecule has 0 aliphatic carbocycles. The predicted molar refractivity (Wildman–Crippen MR) is 122 cm³/mol. The van der Waals surface area contributed by atoms with Crippen LogP contribution in [0.15, 0.2) is 48.5 Å². The molecule has 0 atom stereocenters. The molecule has 4 rings (SSSR count). The molecule has 2 aromatic rings. The van der Waals surface area contributed by atoms with E-state index in [0.29, 0.717) is 6.10 Å². The van der Waals surface area contributed by atoms with Crippen molar-refractivity contribution in [1.82, 2.24) is 9.80 Å². The molecule has 2 fully saturated rings. The van der Waals surface area contributed by atoms with Crippen LogP contribution in [0.4, 0.5) is 0 Å². The Labute approximate surface area is 185 Å². The Morgan fingerprint density at radius 1 is 0.903 bits per heavy atom. The number of nitrogens with zero attached hydrogens (tertiary/aromatic N) is 2. The van der Waals surface area contributed by atoms with Crippen LogP contribution in [-0.4, -0.2) is 61.2 Å². The summed E-state index contributed by atoms with van der Waals surface area (Å²) < 4.78 is 11.8. The fourth-order valence-corrected chi connectivity index (χ4v) is 4.75. The molecule has 0 radical (unpaired) electrons. The number of amides is 1. The minimum atomic E-state index is 0.101. The van der Waals surface area contributed by atoms with E-state index < -0.39 is 0 Å². The molecule has 2 aliphatic rings. The first-order chi connectivity index (χ1) is 15.1. The number of carbonyl (C=O) groups excluding carboxylic acids is 1.